The molecule has 1 atom stereocenters. The second-order valence-corrected chi connectivity index (χ2v) is 4.75. The Morgan fingerprint density at radius 3 is 3.00 bits per heavy atom. The van der Waals surface area contributed by atoms with Gasteiger partial charge in [0.1, 0.15) is 10.4 Å². The normalized spacial score (nSPS) is 21.1. The lowest BCUT2D eigenvalue weighted by atomic mass is 10.1. The van der Waals surface area contributed by atoms with Gasteiger partial charge in [-0.15, -0.1) is 0 Å². The number of hydrogen-bond acceptors (Lipinski definition) is 3. The topological polar surface area (TPSA) is 33.2 Å². The molecule has 1 fully saturated rings. The van der Waals surface area contributed by atoms with E-state index >= 15 is 0 Å². The van der Waals surface area contributed by atoms with Crippen LogP contribution in [0.3, 0.4) is 0 Å². The lowest BCUT2D eigenvalue weighted by molar-refractivity contribution is -0.117. The van der Waals surface area contributed by atoms with Crippen molar-refractivity contribution >= 4 is 40.3 Å². The first-order valence-electron chi connectivity index (χ1n) is 4.74. The first kappa shape index (κ1) is 11.0. The molecule has 1 aromatic heterocycles. The standard InChI is InChI=1S/C10H11BrN2OS/c11-8-2-1-3-9(12-8)13-5-7(6-15)4-10(13)14/h1-3,7,15H,4-6H2. The molecule has 1 unspecified atom stereocenters. The molecule has 0 bridgehead atoms. The second-order valence-electron chi connectivity index (χ2n) is 3.58. The molecule has 5 heteroatoms. The van der Waals surface area contributed by atoms with Crippen LogP contribution in [0.4, 0.5) is 5.82 Å². The summed E-state index contributed by atoms with van der Waals surface area (Å²) in [5.74, 6) is 1.95. The van der Waals surface area contributed by atoms with Crippen LogP contribution in [0.25, 0.3) is 0 Å². The quantitative estimate of drug-likeness (QED) is 0.667. The van der Waals surface area contributed by atoms with E-state index in [4.69, 9.17) is 0 Å². The predicted octanol–water partition coefficient (Wildman–Crippen LogP) is 2.13. The van der Waals surface area contributed by atoms with Crippen molar-refractivity contribution in [3.63, 3.8) is 0 Å². The first-order chi connectivity index (χ1) is 7.20. The van der Waals surface area contributed by atoms with Gasteiger partial charge in [-0.2, -0.15) is 12.6 Å². The van der Waals surface area contributed by atoms with Crippen LogP contribution in [0.5, 0.6) is 0 Å². The van der Waals surface area contributed by atoms with Gasteiger partial charge in [0.2, 0.25) is 5.91 Å². The van der Waals surface area contributed by atoms with Gasteiger partial charge in [-0.3, -0.25) is 9.69 Å². The van der Waals surface area contributed by atoms with Crippen molar-refractivity contribution in [2.75, 3.05) is 17.2 Å². The Kier molecular flexibility index (Phi) is 3.31. The number of anilines is 1. The van der Waals surface area contributed by atoms with Crippen LogP contribution in [-0.4, -0.2) is 23.2 Å². The van der Waals surface area contributed by atoms with Gasteiger partial charge in [0, 0.05) is 13.0 Å². The van der Waals surface area contributed by atoms with Gasteiger partial charge in [0.05, 0.1) is 0 Å². The number of carbonyl (C=O) groups is 1. The number of rotatable bonds is 2. The third kappa shape index (κ3) is 2.34. The Morgan fingerprint density at radius 1 is 1.60 bits per heavy atom. The Hall–Kier alpha value is -0.550. The highest BCUT2D eigenvalue weighted by Crippen LogP contribution is 2.24. The van der Waals surface area contributed by atoms with Crippen LogP contribution >= 0.6 is 28.6 Å². The number of amides is 1. The SMILES string of the molecule is O=C1CC(CS)CN1c1cccc(Br)n1. The average Bonchev–Trinajstić information content (AvgIpc) is 2.60. The zero-order valence-electron chi connectivity index (χ0n) is 8.06. The van der Waals surface area contributed by atoms with Crippen molar-refractivity contribution in [1.82, 2.24) is 4.98 Å². The number of hydrogen-bond donors (Lipinski definition) is 1. The Balaban J connectivity index is 2.21. The van der Waals surface area contributed by atoms with Gasteiger partial charge < -0.3 is 0 Å². The lowest BCUT2D eigenvalue weighted by Crippen LogP contribution is -2.25. The highest BCUT2D eigenvalue weighted by Gasteiger charge is 2.30. The third-order valence-electron chi connectivity index (χ3n) is 2.44. The van der Waals surface area contributed by atoms with Crippen LogP contribution in [-0.2, 0) is 4.79 Å². The van der Waals surface area contributed by atoms with Crippen LogP contribution in [0, 0.1) is 5.92 Å². The average molecular weight is 287 g/mol. The van der Waals surface area contributed by atoms with Crippen LogP contribution in [0.2, 0.25) is 0 Å². The van der Waals surface area contributed by atoms with Crippen molar-refractivity contribution in [3.8, 4) is 0 Å². The summed E-state index contributed by atoms with van der Waals surface area (Å²) in [5, 5.41) is 0. The summed E-state index contributed by atoms with van der Waals surface area (Å²) in [6, 6.07) is 5.58. The second kappa shape index (κ2) is 4.53. The van der Waals surface area contributed by atoms with Gasteiger partial charge in [-0.1, -0.05) is 6.07 Å². The molecule has 0 aromatic carbocycles. The molecule has 0 saturated carbocycles. The molecular formula is C10H11BrN2OS. The molecule has 1 aliphatic heterocycles. The van der Waals surface area contributed by atoms with E-state index in [9.17, 15) is 4.79 Å². The van der Waals surface area contributed by atoms with Crippen LogP contribution < -0.4 is 4.90 Å². The fourth-order valence-corrected chi connectivity index (χ4v) is 2.25. The molecule has 0 radical (unpaired) electrons. The largest absolute Gasteiger partial charge is 0.296 e. The fourth-order valence-electron chi connectivity index (χ4n) is 1.67. The van der Waals surface area contributed by atoms with E-state index in [1.54, 1.807) is 4.90 Å². The minimum atomic E-state index is 0.139. The molecule has 1 aromatic rings. The van der Waals surface area contributed by atoms with Gasteiger partial charge in [-0.25, -0.2) is 4.98 Å². The highest BCUT2D eigenvalue weighted by molar-refractivity contribution is 9.10. The van der Waals surface area contributed by atoms with Gasteiger partial charge >= 0.3 is 0 Å². The summed E-state index contributed by atoms with van der Waals surface area (Å²) in [6.07, 6.45) is 0.581. The van der Waals surface area contributed by atoms with E-state index in [1.165, 1.54) is 0 Å². The van der Waals surface area contributed by atoms with Crippen molar-refractivity contribution in [2.24, 2.45) is 5.92 Å². The van der Waals surface area contributed by atoms with E-state index in [1.807, 2.05) is 18.2 Å². The Bertz CT molecular complexity index is 385. The van der Waals surface area contributed by atoms with Crippen LogP contribution in [0.15, 0.2) is 22.8 Å². The molecule has 1 aliphatic rings. The molecule has 2 rings (SSSR count). The molecule has 80 valence electrons. The molecule has 0 aliphatic carbocycles. The van der Waals surface area contributed by atoms with Gasteiger partial charge in [-0.05, 0) is 39.7 Å². The van der Waals surface area contributed by atoms with E-state index in [0.717, 1.165) is 22.7 Å². The zero-order chi connectivity index (χ0) is 10.8. The van der Waals surface area contributed by atoms with Crippen molar-refractivity contribution in [2.45, 2.75) is 6.42 Å². The highest BCUT2D eigenvalue weighted by atomic mass is 79.9. The van der Waals surface area contributed by atoms with E-state index in [2.05, 4.69) is 33.5 Å². The summed E-state index contributed by atoms with van der Waals surface area (Å²) in [5.41, 5.74) is 0. The number of aromatic nitrogens is 1. The third-order valence-corrected chi connectivity index (χ3v) is 3.40. The summed E-state index contributed by atoms with van der Waals surface area (Å²) in [6.45, 7) is 0.728. The molecule has 0 N–H and O–H groups in total. The minimum absolute atomic E-state index is 0.139. The van der Waals surface area contributed by atoms with Gasteiger partial charge in [0.15, 0.2) is 0 Å². The zero-order valence-corrected chi connectivity index (χ0v) is 10.5. The molecule has 15 heavy (non-hydrogen) atoms. The molecular weight excluding hydrogens is 276 g/mol. The number of carbonyl (C=O) groups excluding carboxylic acids is 1. The number of nitrogens with zero attached hydrogens (tertiary/aromatic N) is 2. The first-order valence-corrected chi connectivity index (χ1v) is 6.17. The molecule has 3 nitrogen and oxygen atoms in total. The molecule has 1 saturated heterocycles. The molecule has 0 spiro atoms. The number of halogens is 1. The fraction of sp³-hybridized carbons (Fsp3) is 0.400. The van der Waals surface area contributed by atoms with Crippen LogP contribution in [0.1, 0.15) is 6.42 Å². The van der Waals surface area contributed by atoms with Gasteiger partial charge in [0.25, 0.3) is 0 Å². The summed E-state index contributed by atoms with van der Waals surface area (Å²) >= 11 is 7.52. The Morgan fingerprint density at radius 2 is 2.40 bits per heavy atom. The smallest absolute Gasteiger partial charge is 0.228 e. The maximum atomic E-state index is 11.7. The lowest BCUT2D eigenvalue weighted by Gasteiger charge is -2.15. The van der Waals surface area contributed by atoms with E-state index in [0.29, 0.717) is 12.3 Å². The molecule has 1 amide bonds. The maximum Gasteiger partial charge on any atom is 0.228 e. The number of thiol groups is 1. The van der Waals surface area contributed by atoms with Crippen molar-refractivity contribution < 1.29 is 4.79 Å². The summed E-state index contributed by atoms with van der Waals surface area (Å²) < 4.78 is 0.752. The van der Waals surface area contributed by atoms with Crippen molar-refractivity contribution in [1.29, 1.82) is 0 Å². The Labute approximate surface area is 102 Å². The maximum absolute atomic E-state index is 11.7. The summed E-state index contributed by atoms with van der Waals surface area (Å²) in [7, 11) is 0. The van der Waals surface area contributed by atoms with E-state index in [-0.39, 0.29) is 5.91 Å². The minimum Gasteiger partial charge on any atom is -0.296 e. The molecule has 2 heterocycles. The monoisotopic (exact) mass is 286 g/mol. The predicted molar refractivity (Wildman–Crippen MR) is 66.3 cm³/mol. The van der Waals surface area contributed by atoms with Crippen molar-refractivity contribution in [3.05, 3.63) is 22.8 Å². The number of pyridine rings is 1. The summed E-state index contributed by atoms with van der Waals surface area (Å²) in [4.78, 5) is 17.7. The van der Waals surface area contributed by atoms with E-state index < -0.39 is 0 Å².